The lowest BCUT2D eigenvalue weighted by molar-refractivity contribution is -0.137. The van der Waals surface area contributed by atoms with E-state index in [0.29, 0.717) is 18.1 Å². The van der Waals surface area contributed by atoms with Crippen LogP contribution in [0.25, 0.3) is 0 Å². The van der Waals surface area contributed by atoms with Gasteiger partial charge in [-0.2, -0.15) is 0 Å². The highest BCUT2D eigenvalue weighted by Crippen LogP contribution is 2.12. The SMILES string of the molecule is CCc1cc(N[C@@H](Cc2ccccc2)C(=O)O)nc(C)n1. The summed E-state index contributed by atoms with van der Waals surface area (Å²) in [5.74, 6) is 0.302. The molecule has 0 saturated carbocycles. The van der Waals surface area contributed by atoms with E-state index in [1.54, 1.807) is 13.0 Å². The van der Waals surface area contributed by atoms with Crippen LogP contribution in [0, 0.1) is 6.92 Å². The first-order valence-corrected chi connectivity index (χ1v) is 6.96. The van der Waals surface area contributed by atoms with Gasteiger partial charge in [-0.05, 0) is 18.9 Å². The van der Waals surface area contributed by atoms with Gasteiger partial charge in [-0.3, -0.25) is 0 Å². The Kier molecular flexibility index (Phi) is 4.87. The van der Waals surface area contributed by atoms with Crippen LogP contribution in [0.3, 0.4) is 0 Å². The first-order valence-electron chi connectivity index (χ1n) is 6.96. The fourth-order valence-corrected chi connectivity index (χ4v) is 2.11. The van der Waals surface area contributed by atoms with Crippen LogP contribution in [0.1, 0.15) is 24.0 Å². The number of carboxylic acids is 1. The van der Waals surface area contributed by atoms with E-state index in [1.165, 1.54) is 0 Å². The summed E-state index contributed by atoms with van der Waals surface area (Å²) < 4.78 is 0. The molecule has 0 aliphatic rings. The molecule has 2 aromatic rings. The summed E-state index contributed by atoms with van der Waals surface area (Å²) >= 11 is 0. The number of aryl methyl sites for hydroxylation is 2. The average Bonchev–Trinajstić information content (AvgIpc) is 2.47. The number of rotatable bonds is 6. The van der Waals surface area contributed by atoms with Gasteiger partial charge in [-0.15, -0.1) is 0 Å². The Morgan fingerprint density at radius 2 is 2.00 bits per heavy atom. The summed E-state index contributed by atoms with van der Waals surface area (Å²) in [4.78, 5) is 20.0. The maximum absolute atomic E-state index is 11.4. The Balaban J connectivity index is 2.16. The van der Waals surface area contributed by atoms with Crippen molar-refractivity contribution in [2.45, 2.75) is 32.7 Å². The van der Waals surface area contributed by atoms with E-state index in [-0.39, 0.29) is 0 Å². The second kappa shape index (κ2) is 6.83. The number of hydrogen-bond donors (Lipinski definition) is 2. The Morgan fingerprint density at radius 1 is 1.29 bits per heavy atom. The van der Waals surface area contributed by atoms with E-state index >= 15 is 0 Å². The Bertz CT molecular complexity index is 614. The molecule has 0 radical (unpaired) electrons. The Hall–Kier alpha value is -2.43. The average molecular weight is 285 g/mol. The number of nitrogens with zero attached hydrogens (tertiary/aromatic N) is 2. The maximum atomic E-state index is 11.4. The zero-order chi connectivity index (χ0) is 15.2. The van der Waals surface area contributed by atoms with Crippen molar-refractivity contribution in [2.24, 2.45) is 0 Å². The number of carboxylic acid groups (broad SMARTS) is 1. The van der Waals surface area contributed by atoms with Gasteiger partial charge in [-0.25, -0.2) is 14.8 Å². The molecule has 0 bridgehead atoms. The summed E-state index contributed by atoms with van der Waals surface area (Å²) in [5, 5.41) is 12.4. The van der Waals surface area contributed by atoms with E-state index < -0.39 is 12.0 Å². The van der Waals surface area contributed by atoms with Crippen LogP contribution in [0.15, 0.2) is 36.4 Å². The van der Waals surface area contributed by atoms with Gasteiger partial charge in [0.05, 0.1) is 0 Å². The molecule has 1 aromatic heterocycles. The molecule has 21 heavy (non-hydrogen) atoms. The minimum atomic E-state index is -0.895. The minimum absolute atomic E-state index is 0.403. The zero-order valence-corrected chi connectivity index (χ0v) is 12.2. The van der Waals surface area contributed by atoms with Gasteiger partial charge in [0.1, 0.15) is 17.7 Å². The molecule has 0 amide bonds. The van der Waals surface area contributed by atoms with Crippen LogP contribution in [0.5, 0.6) is 0 Å². The third kappa shape index (κ3) is 4.27. The van der Waals surface area contributed by atoms with Crippen molar-refractivity contribution in [2.75, 3.05) is 5.32 Å². The highest BCUT2D eigenvalue weighted by atomic mass is 16.4. The van der Waals surface area contributed by atoms with Gasteiger partial charge < -0.3 is 10.4 Å². The predicted octanol–water partition coefficient (Wildman–Crippen LogP) is 2.46. The van der Waals surface area contributed by atoms with E-state index in [4.69, 9.17) is 0 Å². The molecule has 0 aliphatic heterocycles. The van der Waals surface area contributed by atoms with E-state index in [0.717, 1.165) is 17.7 Å². The second-order valence-corrected chi connectivity index (χ2v) is 4.87. The Labute approximate surface area is 124 Å². The van der Waals surface area contributed by atoms with Crippen molar-refractivity contribution in [3.05, 3.63) is 53.5 Å². The molecule has 5 nitrogen and oxygen atoms in total. The fraction of sp³-hybridized carbons (Fsp3) is 0.312. The van der Waals surface area contributed by atoms with Crippen LogP contribution < -0.4 is 5.32 Å². The fourth-order valence-electron chi connectivity index (χ4n) is 2.11. The van der Waals surface area contributed by atoms with Gasteiger partial charge in [0.15, 0.2) is 0 Å². The topological polar surface area (TPSA) is 75.1 Å². The standard InChI is InChI=1S/C16H19N3O2/c1-3-13-10-15(18-11(2)17-13)19-14(16(20)21)9-12-7-5-4-6-8-12/h4-8,10,14H,3,9H2,1-2H3,(H,20,21)(H,17,18,19)/t14-/m0/s1. The molecule has 2 N–H and O–H groups in total. The number of anilines is 1. The number of aromatic nitrogens is 2. The lowest BCUT2D eigenvalue weighted by atomic mass is 10.1. The number of aliphatic carboxylic acids is 1. The summed E-state index contributed by atoms with van der Waals surface area (Å²) in [6.07, 6.45) is 1.19. The van der Waals surface area contributed by atoms with Crippen LogP contribution in [0.2, 0.25) is 0 Å². The van der Waals surface area contributed by atoms with Crippen molar-refractivity contribution in [1.29, 1.82) is 0 Å². The molecule has 0 fully saturated rings. The van der Waals surface area contributed by atoms with Crippen molar-refractivity contribution in [3.8, 4) is 0 Å². The summed E-state index contributed by atoms with van der Waals surface area (Å²) in [5.41, 5.74) is 1.87. The molecule has 110 valence electrons. The summed E-state index contributed by atoms with van der Waals surface area (Å²) in [7, 11) is 0. The highest BCUT2D eigenvalue weighted by Gasteiger charge is 2.18. The molecule has 1 aromatic carbocycles. The van der Waals surface area contributed by atoms with E-state index in [1.807, 2.05) is 37.3 Å². The molecular formula is C16H19N3O2. The molecule has 0 spiro atoms. The Morgan fingerprint density at radius 3 is 2.62 bits per heavy atom. The van der Waals surface area contributed by atoms with Gasteiger partial charge in [-0.1, -0.05) is 37.3 Å². The monoisotopic (exact) mass is 285 g/mol. The van der Waals surface area contributed by atoms with Crippen molar-refractivity contribution >= 4 is 11.8 Å². The first-order chi connectivity index (χ1) is 10.1. The van der Waals surface area contributed by atoms with Crippen LogP contribution >= 0.6 is 0 Å². The first kappa shape index (κ1) is 15.0. The number of carbonyl (C=O) groups is 1. The van der Waals surface area contributed by atoms with Crippen molar-refractivity contribution in [3.63, 3.8) is 0 Å². The number of hydrogen-bond acceptors (Lipinski definition) is 4. The molecule has 1 atom stereocenters. The van der Waals surface area contributed by atoms with Gasteiger partial charge in [0.2, 0.25) is 0 Å². The molecule has 1 heterocycles. The van der Waals surface area contributed by atoms with Crippen LogP contribution in [-0.2, 0) is 17.6 Å². The molecule has 5 heteroatoms. The van der Waals surface area contributed by atoms with Crippen molar-refractivity contribution < 1.29 is 9.90 Å². The van der Waals surface area contributed by atoms with Gasteiger partial charge in [0.25, 0.3) is 0 Å². The highest BCUT2D eigenvalue weighted by molar-refractivity contribution is 5.77. The molecule has 2 rings (SSSR count). The number of benzene rings is 1. The lowest BCUT2D eigenvalue weighted by Gasteiger charge is -2.16. The van der Waals surface area contributed by atoms with E-state index in [2.05, 4.69) is 15.3 Å². The van der Waals surface area contributed by atoms with E-state index in [9.17, 15) is 9.90 Å². The van der Waals surface area contributed by atoms with Crippen molar-refractivity contribution in [1.82, 2.24) is 9.97 Å². The quantitative estimate of drug-likeness (QED) is 0.852. The third-order valence-electron chi connectivity index (χ3n) is 3.16. The molecule has 0 unspecified atom stereocenters. The summed E-state index contributed by atoms with van der Waals surface area (Å²) in [6.45, 7) is 3.81. The molecule has 0 aliphatic carbocycles. The largest absolute Gasteiger partial charge is 0.480 e. The predicted molar refractivity (Wildman–Crippen MR) is 81.3 cm³/mol. The lowest BCUT2D eigenvalue weighted by Crippen LogP contribution is -2.32. The van der Waals surface area contributed by atoms with Crippen LogP contribution in [0.4, 0.5) is 5.82 Å². The smallest absolute Gasteiger partial charge is 0.326 e. The van der Waals surface area contributed by atoms with Crippen LogP contribution in [-0.4, -0.2) is 27.1 Å². The maximum Gasteiger partial charge on any atom is 0.326 e. The summed E-state index contributed by atoms with van der Waals surface area (Å²) in [6, 6.07) is 10.6. The molecular weight excluding hydrogens is 266 g/mol. The zero-order valence-electron chi connectivity index (χ0n) is 12.2. The minimum Gasteiger partial charge on any atom is -0.480 e. The number of nitrogens with one attached hydrogen (secondary N) is 1. The second-order valence-electron chi connectivity index (χ2n) is 4.87. The normalized spacial score (nSPS) is 11.9. The third-order valence-corrected chi connectivity index (χ3v) is 3.16. The van der Waals surface area contributed by atoms with Gasteiger partial charge >= 0.3 is 5.97 Å². The molecule has 0 saturated heterocycles. The van der Waals surface area contributed by atoms with Gasteiger partial charge in [0, 0.05) is 18.2 Å².